The summed E-state index contributed by atoms with van der Waals surface area (Å²) in [6.07, 6.45) is 1.33. The van der Waals surface area contributed by atoms with Crippen molar-refractivity contribution in [1.82, 2.24) is 4.83 Å². The molecule has 0 aliphatic rings. The molecule has 0 amide bonds. The fourth-order valence-corrected chi connectivity index (χ4v) is 3.13. The number of sulfonamides is 1. The van der Waals surface area contributed by atoms with Crippen molar-refractivity contribution in [1.29, 1.82) is 0 Å². The SMILES string of the molecule is CCOc1cc(/C=N\NS(=O)(=O)c2ccc(C)cc2)cc(Br)c1O. The minimum absolute atomic E-state index is 0.0192. The number of rotatable bonds is 6. The van der Waals surface area contributed by atoms with Gasteiger partial charge in [-0.15, -0.1) is 0 Å². The van der Waals surface area contributed by atoms with Crippen LogP contribution in [0.15, 0.2) is 50.9 Å². The molecule has 8 heteroatoms. The number of phenols is 1. The van der Waals surface area contributed by atoms with E-state index in [1.54, 1.807) is 31.2 Å². The summed E-state index contributed by atoms with van der Waals surface area (Å²) in [5, 5.41) is 13.6. The number of nitrogens with zero attached hydrogens (tertiary/aromatic N) is 1. The molecule has 0 radical (unpaired) electrons. The molecule has 6 nitrogen and oxygen atoms in total. The minimum atomic E-state index is -3.73. The molecule has 128 valence electrons. The van der Waals surface area contributed by atoms with Gasteiger partial charge in [-0.2, -0.15) is 13.5 Å². The Labute approximate surface area is 149 Å². The second-order valence-electron chi connectivity index (χ2n) is 4.95. The van der Waals surface area contributed by atoms with Crippen LogP contribution in [-0.2, 0) is 10.0 Å². The van der Waals surface area contributed by atoms with Gasteiger partial charge in [0.15, 0.2) is 11.5 Å². The van der Waals surface area contributed by atoms with Crippen LogP contribution in [0.25, 0.3) is 0 Å². The van der Waals surface area contributed by atoms with E-state index in [-0.39, 0.29) is 16.4 Å². The van der Waals surface area contributed by atoms with Crippen molar-refractivity contribution in [3.05, 3.63) is 52.0 Å². The van der Waals surface area contributed by atoms with Crippen LogP contribution in [0.5, 0.6) is 11.5 Å². The molecule has 0 saturated carbocycles. The zero-order valence-electron chi connectivity index (χ0n) is 13.2. The second-order valence-corrected chi connectivity index (χ2v) is 7.46. The summed E-state index contributed by atoms with van der Waals surface area (Å²) in [6, 6.07) is 9.61. The third-order valence-electron chi connectivity index (χ3n) is 3.07. The standard InChI is InChI=1S/C16H17BrN2O4S/c1-3-23-15-9-12(8-14(17)16(15)20)10-18-19-24(21,22)13-6-4-11(2)5-7-13/h4-10,19-20H,3H2,1-2H3/b18-10-. The molecule has 2 rings (SSSR count). The average molecular weight is 413 g/mol. The highest BCUT2D eigenvalue weighted by molar-refractivity contribution is 9.10. The van der Waals surface area contributed by atoms with Gasteiger partial charge in [0.2, 0.25) is 0 Å². The second kappa shape index (κ2) is 7.67. The number of benzene rings is 2. The lowest BCUT2D eigenvalue weighted by molar-refractivity contribution is 0.317. The topological polar surface area (TPSA) is 88.0 Å². The van der Waals surface area contributed by atoms with E-state index in [0.29, 0.717) is 16.6 Å². The van der Waals surface area contributed by atoms with E-state index in [2.05, 4.69) is 25.9 Å². The van der Waals surface area contributed by atoms with Crippen molar-refractivity contribution >= 4 is 32.2 Å². The van der Waals surface area contributed by atoms with Gasteiger partial charge in [-0.05, 0) is 59.6 Å². The van der Waals surface area contributed by atoms with E-state index in [1.807, 2.05) is 6.92 Å². The Kier molecular flexibility index (Phi) is 5.84. The third kappa shape index (κ3) is 4.48. The largest absolute Gasteiger partial charge is 0.503 e. The normalized spacial score (nSPS) is 11.6. The van der Waals surface area contributed by atoms with Crippen molar-refractivity contribution in [2.75, 3.05) is 6.61 Å². The van der Waals surface area contributed by atoms with E-state index >= 15 is 0 Å². The van der Waals surface area contributed by atoms with Crippen LogP contribution >= 0.6 is 15.9 Å². The molecular formula is C16H17BrN2O4S. The number of halogens is 1. The van der Waals surface area contributed by atoms with E-state index in [4.69, 9.17) is 4.74 Å². The number of ether oxygens (including phenoxy) is 1. The first-order valence-electron chi connectivity index (χ1n) is 7.10. The number of phenolic OH excluding ortho intramolecular Hbond substituents is 1. The quantitative estimate of drug-likeness (QED) is 0.563. The summed E-state index contributed by atoms with van der Waals surface area (Å²) < 4.78 is 30.0. The van der Waals surface area contributed by atoms with Crippen molar-refractivity contribution in [3.8, 4) is 11.5 Å². The Bertz CT molecular complexity index is 849. The van der Waals surface area contributed by atoms with Gasteiger partial charge in [-0.25, -0.2) is 4.83 Å². The van der Waals surface area contributed by atoms with Gasteiger partial charge in [0.1, 0.15) is 0 Å². The minimum Gasteiger partial charge on any atom is -0.503 e. The summed E-state index contributed by atoms with van der Waals surface area (Å²) in [4.78, 5) is 2.28. The van der Waals surface area contributed by atoms with Gasteiger partial charge in [0.05, 0.1) is 22.2 Å². The predicted octanol–water partition coefficient (Wildman–Crippen LogP) is 3.17. The smallest absolute Gasteiger partial charge is 0.276 e. The maximum Gasteiger partial charge on any atom is 0.276 e. The summed E-state index contributed by atoms with van der Waals surface area (Å²) in [6.45, 7) is 4.06. The van der Waals surface area contributed by atoms with Crippen LogP contribution in [0.4, 0.5) is 0 Å². The lowest BCUT2D eigenvalue weighted by Gasteiger charge is -2.08. The van der Waals surface area contributed by atoms with Gasteiger partial charge in [-0.3, -0.25) is 0 Å². The van der Waals surface area contributed by atoms with Gasteiger partial charge < -0.3 is 9.84 Å². The molecule has 0 spiro atoms. The number of nitrogens with one attached hydrogen (secondary N) is 1. The molecule has 0 atom stereocenters. The van der Waals surface area contributed by atoms with Crippen LogP contribution in [0.2, 0.25) is 0 Å². The summed E-state index contributed by atoms with van der Waals surface area (Å²) in [5.41, 5.74) is 1.53. The Balaban J connectivity index is 2.18. The van der Waals surface area contributed by atoms with Gasteiger partial charge in [0, 0.05) is 0 Å². The van der Waals surface area contributed by atoms with E-state index in [0.717, 1.165) is 5.56 Å². The summed E-state index contributed by atoms with van der Waals surface area (Å²) in [5.74, 6) is 0.268. The van der Waals surface area contributed by atoms with Crippen molar-refractivity contribution in [2.45, 2.75) is 18.7 Å². The van der Waals surface area contributed by atoms with Gasteiger partial charge in [0.25, 0.3) is 10.0 Å². The first kappa shape index (κ1) is 18.3. The zero-order valence-corrected chi connectivity index (χ0v) is 15.6. The molecule has 2 aromatic rings. The van der Waals surface area contributed by atoms with E-state index < -0.39 is 10.0 Å². The number of hydrazone groups is 1. The lowest BCUT2D eigenvalue weighted by Crippen LogP contribution is -2.18. The summed E-state index contributed by atoms with van der Waals surface area (Å²) in [7, 11) is -3.73. The van der Waals surface area contributed by atoms with E-state index in [1.165, 1.54) is 18.3 Å². The van der Waals surface area contributed by atoms with Crippen LogP contribution in [0.3, 0.4) is 0 Å². The molecule has 0 unspecified atom stereocenters. The third-order valence-corrected chi connectivity index (χ3v) is 4.91. The number of hydrogen-bond donors (Lipinski definition) is 2. The molecule has 0 fully saturated rings. The molecule has 0 heterocycles. The molecule has 0 saturated heterocycles. The van der Waals surface area contributed by atoms with Crippen molar-refractivity contribution in [2.24, 2.45) is 5.10 Å². The molecule has 2 N–H and O–H groups in total. The maximum absolute atomic E-state index is 12.1. The highest BCUT2D eigenvalue weighted by Crippen LogP contribution is 2.35. The Morgan fingerprint density at radius 1 is 1.29 bits per heavy atom. The summed E-state index contributed by atoms with van der Waals surface area (Å²) >= 11 is 3.21. The predicted molar refractivity (Wildman–Crippen MR) is 96.1 cm³/mol. The first-order valence-corrected chi connectivity index (χ1v) is 9.38. The lowest BCUT2D eigenvalue weighted by atomic mass is 10.2. The molecule has 24 heavy (non-hydrogen) atoms. The molecule has 0 aliphatic carbocycles. The van der Waals surface area contributed by atoms with Crippen LogP contribution in [0, 0.1) is 6.92 Å². The number of aryl methyl sites for hydroxylation is 1. The average Bonchev–Trinajstić information content (AvgIpc) is 2.52. The highest BCUT2D eigenvalue weighted by Gasteiger charge is 2.12. The van der Waals surface area contributed by atoms with Gasteiger partial charge in [-0.1, -0.05) is 17.7 Å². The Morgan fingerprint density at radius 2 is 1.96 bits per heavy atom. The number of aromatic hydroxyl groups is 1. The highest BCUT2D eigenvalue weighted by atomic mass is 79.9. The fraction of sp³-hybridized carbons (Fsp3) is 0.188. The van der Waals surface area contributed by atoms with E-state index in [9.17, 15) is 13.5 Å². The monoisotopic (exact) mass is 412 g/mol. The van der Waals surface area contributed by atoms with Gasteiger partial charge >= 0.3 is 0 Å². The fourth-order valence-electron chi connectivity index (χ4n) is 1.87. The van der Waals surface area contributed by atoms with Crippen LogP contribution in [-0.4, -0.2) is 26.3 Å². The molecular weight excluding hydrogens is 396 g/mol. The molecule has 0 aromatic heterocycles. The Hall–Kier alpha value is -2.06. The molecule has 0 aliphatic heterocycles. The van der Waals surface area contributed by atoms with Crippen molar-refractivity contribution in [3.63, 3.8) is 0 Å². The molecule has 2 aromatic carbocycles. The van der Waals surface area contributed by atoms with Crippen molar-refractivity contribution < 1.29 is 18.3 Å². The zero-order chi connectivity index (χ0) is 17.7. The first-order chi connectivity index (χ1) is 11.3. The van der Waals surface area contributed by atoms with Crippen LogP contribution in [0.1, 0.15) is 18.1 Å². The maximum atomic E-state index is 12.1. The number of hydrogen-bond acceptors (Lipinski definition) is 5. The molecule has 0 bridgehead atoms. The van der Waals surface area contributed by atoms with Crippen LogP contribution < -0.4 is 9.57 Å². The Morgan fingerprint density at radius 3 is 2.58 bits per heavy atom.